The number of hydrogen-bond acceptors (Lipinski definition) is 5. The number of methoxy groups -OCH3 is 1. The zero-order valence-electron chi connectivity index (χ0n) is 12.1. The molecule has 7 heteroatoms. The fourth-order valence-corrected chi connectivity index (χ4v) is 2.82. The highest BCUT2D eigenvalue weighted by Gasteiger charge is 2.18. The fraction of sp³-hybridized carbons (Fsp3) is 0.500. The third-order valence-corrected chi connectivity index (χ3v) is 4.19. The lowest BCUT2D eigenvalue weighted by molar-refractivity contribution is -0.142. The van der Waals surface area contributed by atoms with Crippen LogP contribution in [0.3, 0.4) is 0 Å². The number of carbonyl (C=O) groups is 1. The number of unbranched alkanes of at least 4 members (excludes halogenated alkanes) is 2. The van der Waals surface area contributed by atoms with Crippen LogP contribution in [0.25, 0.3) is 0 Å². The molecule has 1 rings (SSSR count). The highest BCUT2D eigenvalue weighted by atomic mass is 35.7. The first-order chi connectivity index (χ1) is 9.88. The van der Waals surface area contributed by atoms with Gasteiger partial charge in [0.1, 0.15) is 10.6 Å². The fourth-order valence-electron chi connectivity index (χ4n) is 1.78. The quantitative estimate of drug-likeness (QED) is 0.415. The molecule has 0 aliphatic rings. The van der Waals surface area contributed by atoms with Crippen LogP contribution < -0.4 is 4.74 Å². The van der Waals surface area contributed by atoms with E-state index in [1.807, 2.05) is 0 Å². The maximum absolute atomic E-state index is 11.7. The van der Waals surface area contributed by atoms with Crippen molar-refractivity contribution in [2.45, 2.75) is 37.5 Å². The summed E-state index contributed by atoms with van der Waals surface area (Å²) in [4.78, 5) is 11.5. The molecule has 0 heterocycles. The Kier molecular flexibility index (Phi) is 6.98. The summed E-state index contributed by atoms with van der Waals surface area (Å²) >= 11 is 0. The van der Waals surface area contributed by atoms with Crippen LogP contribution in [0.2, 0.25) is 0 Å². The Balaban J connectivity index is 2.74. The van der Waals surface area contributed by atoms with Gasteiger partial charge in [-0.2, -0.15) is 0 Å². The van der Waals surface area contributed by atoms with Crippen molar-refractivity contribution in [1.82, 2.24) is 0 Å². The normalized spacial score (nSPS) is 11.2. The molecular weight excluding hydrogens is 316 g/mol. The van der Waals surface area contributed by atoms with E-state index in [1.165, 1.54) is 19.2 Å². The van der Waals surface area contributed by atoms with Crippen molar-refractivity contribution in [2.24, 2.45) is 0 Å². The SMILES string of the molecule is CCCCCOC(=O)Cc1ccc(OC)c(S(=O)(=O)Cl)c1. The molecule has 5 nitrogen and oxygen atoms in total. The summed E-state index contributed by atoms with van der Waals surface area (Å²) in [6, 6.07) is 4.40. The van der Waals surface area contributed by atoms with Crippen molar-refractivity contribution in [3.8, 4) is 5.75 Å². The van der Waals surface area contributed by atoms with Gasteiger partial charge in [-0.15, -0.1) is 0 Å². The standard InChI is InChI=1S/C14H19ClO5S/c1-3-4-5-8-20-14(16)10-11-6-7-12(19-2)13(9-11)21(15,17)18/h6-7,9H,3-5,8,10H2,1-2H3. The van der Waals surface area contributed by atoms with Crippen molar-refractivity contribution in [3.63, 3.8) is 0 Å². The van der Waals surface area contributed by atoms with Crippen molar-refractivity contribution < 1.29 is 22.7 Å². The molecule has 0 saturated carbocycles. The highest BCUT2D eigenvalue weighted by Crippen LogP contribution is 2.28. The van der Waals surface area contributed by atoms with Gasteiger partial charge in [0.05, 0.1) is 20.1 Å². The average Bonchev–Trinajstić information content (AvgIpc) is 2.42. The van der Waals surface area contributed by atoms with E-state index in [0.717, 1.165) is 19.3 Å². The second-order valence-electron chi connectivity index (χ2n) is 4.53. The molecule has 0 atom stereocenters. The van der Waals surface area contributed by atoms with Crippen LogP contribution in [0.5, 0.6) is 5.75 Å². The molecule has 0 aliphatic carbocycles. The molecule has 0 N–H and O–H groups in total. The molecule has 1 aromatic carbocycles. The first-order valence-corrected chi connectivity index (χ1v) is 8.96. The smallest absolute Gasteiger partial charge is 0.310 e. The zero-order valence-corrected chi connectivity index (χ0v) is 13.7. The number of rotatable bonds is 8. The molecule has 0 radical (unpaired) electrons. The van der Waals surface area contributed by atoms with Gasteiger partial charge in [-0.05, 0) is 24.1 Å². The number of halogens is 1. The van der Waals surface area contributed by atoms with Gasteiger partial charge in [0.15, 0.2) is 0 Å². The molecule has 0 fully saturated rings. The number of hydrogen-bond donors (Lipinski definition) is 0. The Hall–Kier alpha value is -1.27. The predicted octanol–water partition coefficient (Wildman–Crippen LogP) is 2.90. The van der Waals surface area contributed by atoms with E-state index in [2.05, 4.69) is 6.92 Å². The second kappa shape index (κ2) is 8.24. The van der Waals surface area contributed by atoms with Crippen molar-refractivity contribution in [1.29, 1.82) is 0 Å². The summed E-state index contributed by atoms with van der Waals surface area (Å²) in [6.07, 6.45) is 2.87. The molecule has 118 valence electrons. The molecular formula is C14H19ClO5S. The first kappa shape index (κ1) is 17.8. The third-order valence-electron chi connectivity index (χ3n) is 2.85. The number of benzene rings is 1. The first-order valence-electron chi connectivity index (χ1n) is 6.65. The maximum Gasteiger partial charge on any atom is 0.310 e. The summed E-state index contributed by atoms with van der Waals surface area (Å²) in [5, 5.41) is 0. The van der Waals surface area contributed by atoms with Crippen LogP contribution in [0.4, 0.5) is 0 Å². The summed E-state index contributed by atoms with van der Waals surface area (Å²) < 4.78 is 32.9. The lowest BCUT2D eigenvalue weighted by Gasteiger charge is -2.08. The average molecular weight is 335 g/mol. The van der Waals surface area contributed by atoms with Gasteiger partial charge in [0, 0.05) is 10.7 Å². The van der Waals surface area contributed by atoms with Crippen molar-refractivity contribution in [3.05, 3.63) is 23.8 Å². The molecule has 0 bridgehead atoms. The minimum Gasteiger partial charge on any atom is -0.495 e. The van der Waals surface area contributed by atoms with E-state index in [4.69, 9.17) is 20.2 Å². The van der Waals surface area contributed by atoms with E-state index in [9.17, 15) is 13.2 Å². The second-order valence-corrected chi connectivity index (χ2v) is 7.06. The largest absolute Gasteiger partial charge is 0.495 e. The minimum absolute atomic E-state index is 0.00444. The molecule has 0 spiro atoms. The van der Waals surface area contributed by atoms with Gasteiger partial charge >= 0.3 is 5.97 Å². The lowest BCUT2D eigenvalue weighted by atomic mass is 10.1. The van der Waals surface area contributed by atoms with Gasteiger partial charge in [-0.3, -0.25) is 4.79 Å². The van der Waals surface area contributed by atoms with Gasteiger partial charge in [-0.1, -0.05) is 25.8 Å². The number of ether oxygens (including phenoxy) is 2. The molecule has 1 aromatic rings. The van der Waals surface area contributed by atoms with Crippen LogP contribution in [0, 0.1) is 0 Å². The topological polar surface area (TPSA) is 69.7 Å². The van der Waals surface area contributed by atoms with Gasteiger partial charge in [-0.25, -0.2) is 8.42 Å². The van der Waals surface area contributed by atoms with E-state index in [1.54, 1.807) is 6.07 Å². The van der Waals surface area contributed by atoms with Crippen LogP contribution in [0.15, 0.2) is 23.1 Å². The monoisotopic (exact) mass is 334 g/mol. The van der Waals surface area contributed by atoms with Gasteiger partial charge in [0.25, 0.3) is 9.05 Å². The van der Waals surface area contributed by atoms with Crippen LogP contribution >= 0.6 is 10.7 Å². The molecule has 21 heavy (non-hydrogen) atoms. The van der Waals surface area contributed by atoms with E-state index in [0.29, 0.717) is 12.2 Å². The molecule has 0 saturated heterocycles. The highest BCUT2D eigenvalue weighted by molar-refractivity contribution is 8.13. The zero-order chi connectivity index (χ0) is 15.9. The Labute approximate surface area is 129 Å². The summed E-state index contributed by atoms with van der Waals surface area (Å²) in [7, 11) is 2.76. The minimum atomic E-state index is -3.93. The van der Waals surface area contributed by atoms with E-state index >= 15 is 0 Å². The third kappa shape index (κ3) is 5.93. The Morgan fingerprint density at radius 3 is 2.57 bits per heavy atom. The Morgan fingerprint density at radius 1 is 1.29 bits per heavy atom. The molecule has 0 aliphatic heterocycles. The maximum atomic E-state index is 11.7. The number of carbonyl (C=O) groups excluding carboxylic acids is 1. The van der Waals surface area contributed by atoms with Gasteiger partial charge in [0.2, 0.25) is 0 Å². The van der Waals surface area contributed by atoms with E-state index < -0.39 is 15.0 Å². The van der Waals surface area contributed by atoms with Gasteiger partial charge < -0.3 is 9.47 Å². The lowest BCUT2D eigenvalue weighted by Crippen LogP contribution is -2.09. The summed E-state index contributed by atoms with van der Waals surface area (Å²) in [5.74, 6) is -0.251. The van der Waals surface area contributed by atoms with Crippen molar-refractivity contribution >= 4 is 25.7 Å². The summed E-state index contributed by atoms with van der Waals surface area (Å²) in [6.45, 7) is 2.44. The van der Waals surface area contributed by atoms with E-state index in [-0.39, 0.29) is 17.1 Å². The predicted molar refractivity (Wildman–Crippen MR) is 80.2 cm³/mol. The Bertz CT molecular complexity index is 583. The number of esters is 1. The van der Waals surface area contributed by atoms with Crippen LogP contribution in [-0.4, -0.2) is 28.1 Å². The van der Waals surface area contributed by atoms with Crippen molar-refractivity contribution in [2.75, 3.05) is 13.7 Å². The molecule has 0 amide bonds. The van der Waals surface area contributed by atoms with Crippen LogP contribution in [-0.2, 0) is 25.0 Å². The Morgan fingerprint density at radius 2 is 2.00 bits per heavy atom. The molecule has 0 unspecified atom stereocenters. The summed E-state index contributed by atoms with van der Waals surface area (Å²) in [5.41, 5.74) is 0.510. The molecule has 0 aromatic heterocycles. The van der Waals surface area contributed by atoms with Crippen LogP contribution in [0.1, 0.15) is 31.7 Å².